The van der Waals surface area contributed by atoms with Gasteiger partial charge in [-0.05, 0) is 23.8 Å². The maximum absolute atomic E-state index is 6.25. The fourth-order valence-electron chi connectivity index (χ4n) is 2.61. The Morgan fingerprint density at radius 1 is 1.00 bits per heavy atom. The molecule has 0 bridgehead atoms. The molecule has 3 heterocycles. The summed E-state index contributed by atoms with van der Waals surface area (Å²) in [5.74, 6) is 0.737. The summed E-state index contributed by atoms with van der Waals surface area (Å²) in [6, 6.07) is 13.5. The van der Waals surface area contributed by atoms with Gasteiger partial charge in [-0.3, -0.25) is 4.98 Å². The van der Waals surface area contributed by atoms with Gasteiger partial charge in [0.2, 0.25) is 0 Å². The average Bonchev–Trinajstić information content (AvgIpc) is 3.06. The van der Waals surface area contributed by atoms with Crippen molar-refractivity contribution in [1.29, 1.82) is 0 Å². The van der Waals surface area contributed by atoms with Gasteiger partial charge in [-0.2, -0.15) is 5.10 Å². The average molecular weight is 351 g/mol. The number of halogens is 1. The zero-order chi connectivity index (χ0) is 17.1. The molecule has 0 saturated carbocycles. The first-order chi connectivity index (χ1) is 12.3. The molecule has 0 aliphatic carbocycles. The van der Waals surface area contributed by atoms with E-state index in [2.05, 4.69) is 25.4 Å². The molecule has 0 radical (unpaired) electrons. The Hall–Kier alpha value is -2.99. The van der Waals surface area contributed by atoms with Crippen LogP contribution in [-0.2, 0) is 13.1 Å². The van der Waals surface area contributed by atoms with E-state index in [4.69, 9.17) is 11.6 Å². The van der Waals surface area contributed by atoms with Crippen molar-refractivity contribution in [2.75, 3.05) is 5.32 Å². The number of pyridine rings is 1. The number of rotatable bonds is 5. The van der Waals surface area contributed by atoms with E-state index < -0.39 is 0 Å². The molecule has 4 rings (SSSR count). The minimum Gasteiger partial charge on any atom is -0.364 e. The van der Waals surface area contributed by atoms with Crippen LogP contribution < -0.4 is 5.32 Å². The van der Waals surface area contributed by atoms with Crippen LogP contribution in [0.25, 0.3) is 11.0 Å². The second-order valence-corrected chi connectivity index (χ2v) is 5.94. The monoisotopic (exact) mass is 350 g/mol. The number of fused-ring (bicyclic) bond motifs is 1. The van der Waals surface area contributed by atoms with Crippen molar-refractivity contribution in [2.24, 2.45) is 0 Å². The van der Waals surface area contributed by atoms with E-state index in [9.17, 15) is 0 Å². The molecule has 0 atom stereocenters. The van der Waals surface area contributed by atoms with Gasteiger partial charge in [0, 0.05) is 11.2 Å². The highest BCUT2D eigenvalue weighted by atomic mass is 35.5. The predicted octanol–water partition coefficient (Wildman–Crippen LogP) is 3.54. The summed E-state index contributed by atoms with van der Waals surface area (Å²) in [4.78, 5) is 13.0. The van der Waals surface area contributed by atoms with Gasteiger partial charge in [-0.15, -0.1) is 0 Å². The van der Waals surface area contributed by atoms with Crippen molar-refractivity contribution in [3.05, 3.63) is 77.5 Å². The molecular weight excluding hydrogens is 336 g/mol. The van der Waals surface area contributed by atoms with E-state index in [0.29, 0.717) is 18.1 Å². The van der Waals surface area contributed by atoms with E-state index >= 15 is 0 Å². The van der Waals surface area contributed by atoms with E-state index in [1.54, 1.807) is 12.4 Å². The van der Waals surface area contributed by atoms with Crippen LogP contribution in [0.5, 0.6) is 0 Å². The predicted molar refractivity (Wildman–Crippen MR) is 97.4 cm³/mol. The van der Waals surface area contributed by atoms with Gasteiger partial charge in [0.1, 0.15) is 12.1 Å². The van der Waals surface area contributed by atoms with Crippen molar-refractivity contribution in [3.8, 4) is 0 Å². The van der Waals surface area contributed by atoms with Crippen molar-refractivity contribution < 1.29 is 0 Å². The van der Waals surface area contributed by atoms with Crippen LogP contribution in [-0.4, -0.2) is 24.7 Å². The lowest BCUT2D eigenvalue weighted by Gasteiger charge is -2.07. The van der Waals surface area contributed by atoms with E-state index in [1.807, 2.05) is 47.1 Å². The third-order valence-electron chi connectivity index (χ3n) is 3.87. The summed E-state index contributed by atoms with van der Waals surface area (Å²) < 4.78 is 1.82. The number of hydrogen-bond acceptors (Lipinski definition) is 5. The van der Waals surface area contributed by atoms with Crippen LogP contribution in [0.2, 0.25) is 5.02 Å². The Morgan fingerprint density at radius 3 is 2.72 bits per heavy atom. The fraction of sp³-hybridized carbons (Fsp3) is 0.111. The Morgan fingerprint density at radius 2 is 1.88 bits per heavy atom. The number of nitrogens with zero attached hydrogens (tertiary/aromatic N) is 5. The highest BCUT2D eigenvalue weighted by Crippen LogP contribution is 2.22. The van der Waals surface area contributed by atoms with Gasteiger partial charge < -0.3 is 5.32 Å². The third-order valence-corrected chi connectivity index (χ3v) is 4.24. The van der Waals surface area contributed by atoms with Crippen molar-refractivity contribution in [1.82, 2.24) is 24.7 Å². The van der Waals surface area contributed by atoms with Crippen molar-refractivity contribution in [2.45, 2.75) is 13.1 Å². The molecule has 6 nitrogen and oxygen atoms in total. The first kappa shape index (κ1) is 15.5. The Kier molecular flexibility index (Phi) is 4.26. The van der Waals surface area contributed by atoms with Crippen LogP contribution in [0, 0.1) is 0 Å². The molecular formula is C18H15ClN6. The molecule has 0 fully saturated rings. The van der Waals surface area contributed by atoms with Crippen LogP contribution in [0.3, 0.4) is 0 Å². The molecule has 0 aliphatic heterocycles. The normalized spacial score (nSPS) is 10.9. The number of aromatic nitrogens is 5. The number of hydrogen-bond donors (Lipinski definition) is 1. The van der Waals surface area contributed by atoms with E-state index in [-0.39, 0.29) is 0 Å². The van der Waals surface area contributed by atoms with Gasteiger partial charge in [0.25, 0.3) is 0 Å². The third kappa shape index (κ3) is 3.29. The van der Waals surface area contributed by atoms with Crippen molar-refractivity contribution >= 4 is 28.5 Å². The molecule has 0 saturated heterocycles. The number of anilines is 1. The number of benzene rings is 1. The molecule has 3 aromatic heterocycles. The highest BCUT2D eigenvalue weighted by molar-refractivity contribution is 6.31. The second-order valence-electron chi connectivity index (χ2n) is 5.53. The standard InChI is InChI=1S/C18H15ClN6/c19-16-7-2-1-5-13(16)11-25-18-15(10-24-25)17(22-12-23-18)21-9-14-6-3-4-8-20-14/h1-8,10,12H,9,11H2,(H,21,22,23). The van der Waals surface area contributed by atoms with E-state index in [0.717, 1.165) is 28.1 Å². The molecule has 0 unspecified atom stereocenters. The Balaban J connectivity index is 1.61. The number of nitrogens with one attached hydrogen (secondary N) is 1. The molecule has 0 aliphatic rings. The Bertz CT molecular complexity index is 999. The van der Waals surface area contributed by atoms with Gasteiger partial charge in [0.15, 0.2) is 5.65 Å². The molecule has 0 spiro atoms. The van der Waals surface area contributed by atoms with Gasteiger partial charge in [-0.1, -0.05) is 35.9 Å². The first-order valence-electron chi connectivity index (χ1n) is 7.85. The molecule has 124 valence electrons. The summed E-state index contributed by atoms with van der Waals surface area (Å²) in [6.07, 6.45) is 5.08. The summed E-state index contributed by atoms with van der Waals surface area (Å²) in [5, 5.41) is 9.33. The largest absolute Gasteiger partial charge is 0.364 e. The maximum Gasteiger partial charge on any atom is 0.163 e. The van der Waals surface area contributed by atoms with Crippen LogP contribution in [0.1, 0.15) is 11.3 Å². The molecule has 1 aromatic carbocycles. The van der Waals surface area contributed by atoms with Gasteiger partial charge in [-0.25, -0.2) is 14.6 Å². The Labute approximate surface area is 149 Å². The van der Waals surface area contributed by atoms with Crippen molar-refractivity contribution in [3.63, 3.8) is 0 Å². The molecule has 25 heavy (non-hydrogen) atoms. The lowest BCUT2D eigenvalue weighted by Crippen LogP contribution is -2.05. The minimum absolute atomic E-state index is 0.555. The smallest absolute Gasteiger partial charge is 0.163 e. The highest BCUT2D eigenvalue weighted by Gasteiger charge is 2.11. The van der Waals surface area contributed by atoms with Crippen LogP contribution in [0.4, 0.5) is 5.82 Å². The summed E-state index contributed by atoms with van der Waals surface area (Å²) in [7, 11) is 0. The van der Waals surface area contributed by atoms with Crippen LogP contribution in [0.15, 0.2) is 61.2 Å². The maximum atomic E-state index is 6.25. The second kappa shape index (κ2) is 6.86. The minimum atomic E-state index is 0.555. The quantitative estimate of drug-likeness (QED) is 0.596. The molecule has 1 N–H and O–H groups in total. The zero-order valence-electron chi connectivity index (χ0n) is 13.3. The summed E-state index contributed by atoms with van der Waals surface area (Å²) in [5.41, 5.74) is 2.70. The zero-order valence-corrected chi connectivity index (χ0v) is 14.1. The van der Waals surface area contributed by atoms with E-state index in [1.165, 1.54) is 6.33 Å². The lowest BCUT2D eigenvalue weighted by atomic mass is 10.2. The SMILES string of the molecule is Clc1ccccc1Cn1ncc2c(NCc3ccccn3)ncnc21. The summed E-state index contributed by atoms with van der Waals surface area (Å²) >= 11 is 6.25. The lowest BCUT2D eigenvalue weighted by molar-refractivity contribution is 0.704. The van der Waals surface area contributed by atoms with Crippen LogP contribution >= 0.6 is 11.6 Å². The summed E-state index contributed by atoms with van der Waals surface area (Å²) in [6.45, 7) is 1.14. The molecule has 7 heteroatoms. The first-order valence-corrected chi connectivity index (χ1v) is 8.23. The topological polar surface area (TPSA) is 68.5 Å². The van der Waals surface area contributed by atoms with Gasteiger partial charge >= 0.3 is 0 Å². The molecule has 4 aromatic rings. The molecule has 0 amide bonds. The fourth-order valence-corrected chi connectivity index (χ4v) is 2.81. The van der Waals surface area contributed by atoms with Gasteiger partial charge in [0.05, 0.1) is 30.4 Å².